The Morgan fingerprint density at radius 3 is 2.24 bits per heavy atom. The van der Waals surface area contributed by atoms with Crippen LogP contribution in [0.3, 0.4) is 0 Å². The molecule has 1 aliphatic heterocycles. The molecule has 1 N–H and O–H groups in total. The Morgan fingerprint density at radius 1 is 0.966 bits per heavy atom. The van der Waals surface area contributed by atoms with E-state index >= 15 is 0 Å². The van der Waals surface area contributed by atoms with E-state index < -0.39 is 0 Å². The van der Waals surface area contributed by atoms with Gasteiger partial charge in [0, 0.05) is 23.0 Å². The van der Waals surface area contributed by atoms with Crippen LogP contribution < -0.4 is 10.3 Å². The van der Waals surface area contributed by atoms with Crippen LogP contribution in [-0.4, -0.2) is 27.5 Å². The molecular weight excluding hydrogens is 420 g/mol. The molecule has 4 rings (SSSR count). The molecule has 0 bridgehead atoms. The number of para-hydroxylation sites is 2. The number of halogens is 1. The number of thioether (sulfide) groups is 1. The molecule has 0 saturated carbocycles. The van der Waals surface area contributed by atoms with Crippen LogP contribution in [0.1, 0.15) is 0 Å². The summed E-state index contributed by atoms with van der Waals surface area (Å²) in [5.41, 5.74) is 2.85. The number of hydrogen-bond donors (Lipinski definition) is 1. The number of nitrogens with one attached hydrogen (secondary N) is 1. The second-order valence-corrected chi connectivity index (χ2v) is 8.19. The van der Waals surface area contributed by atoms with Crippen molar-refractivity contribution < 1.29 is 0 Å². The molecule has 0 unspecified atom stereocenters. The van der Waals surface area contributed by atoms with Crippen LogP contribution in [-0.2, 0) is 0 Å². The average Bonchev–Trinajstić information content (AvgIpc) is 3.22. The molecule has 29 heavy (non-hydrogen) atoms. The molecule has 0 aromatic heterocycles. The van der Waals surface area contributed by atoms with Gasteiger partial charge in [-0.25, -0.2) is 5.01 Å². The second-order valence-electron chi connectivity index (χ2n) is 6.31. The SMILES string of the molecule is S=C(Nc1cccc(Cl)c1)N1CCS/C1=N/N(c1ccccc1)c1ccccc1. The van der Waals surface area contributed by atoms with Gasteiger partial charge in [0.1, 0.15) is 0 Å². The van der Waals surface area contributed by atoms with Crippen molar-refractivity contribution in [2.75, 3.05) is 22.6 Å². The van der Waals surface area contributed by atoms with Gasteiger partial charge in [0.25, 0.3) is 0 Å². The fourth-order valence-corrected chi connectivity index (χ4v) is 4.40. The molecule has 0 amide bonds. The lowest BCUT2D eigenvalue weighted by Gasteiger charge is -2.24. The van der Waals surface area contributed by atoms with Crippen molar-refractivity contribution in [3.63, 3.8) is 0 Å². The van der Waals surface area contributed by atoms with E-state index in [1.54, 1.807) is 11.8 Å². The van der Waals surface area contributed by atoms with Gasteiger partial charge in [-0.1, -0.05) is 65.8 Å². The van der Waals surface area contributed by atoms with Crippen molar-refractivity contribution >= 4 is 62.9 Å². The number of anilines is 3. The van der Waals surface area contributed by atoms with E-state index in [2.05, 4.69) is 5.32 Å². The van der Waals surface area contributed by atoms with E-state index in [1.165, 1.54) is 0 Å². The third-order valence-electron chi connectivity index (χ3n) is 4.29. The monoisotopic (exact) mass is 438 g/mol. The van der Waals surface area contributed by atoms with Crippen LogP contribution in [0.15, 0.2) is 90.0 Å². The molecule has 1 aliphatic rings. The first-order valence-electron chi connectivity index (χ1n) is 9.16. The van der Waals surface area contributed by atoms with Gasteiger partial charge < -0.3 is 5.32 Å². The molecule has 3 aromatic carbocycles. The van der Waals surface area contributed by atoms with Crippen LogP contribution >= 0.6 is 35.6 Å². The number of thiocarbonyl (C=S) groups is 1. The minimum atomic E-state index is 0.608. The van der Waals surface area contributed by atoms with E-state index in [-0.39, 0.29) is 0 Å². The third-order valence-corrected chi connectivity index (χ3v) is 5.79. The summed E-state index contributed by atoms with van der Waals surface area (Å²) >= 11 is 13.4. The van der Waals surface area contributed by atoms with Crippen LogP contribution in [0.4, 0.5) is 17.1 Å². The highest BCUT2D eigenvalue weighted by molar-refractivity contribution is 8.14. The molecule has 0 atom stereocenters. The highest BCUT2D eigenvalue weighted by Gasteiger charge is 2.25. The van der Waals surface area contributed by atoms with E-state index in [1.807, 2.05) is 94.8 Å². The number of amidine groups is 1. The third kappa shape index (κ3) is 4.90. The normalized spacial score (nSPS) is 14.8. The highest BCUT2D eigenvalue weighted by atomic mass is 35.5. The Kier molecular flexibility index (Phi) is 6.34. The standard InChI is InChI=1S/C22H19ClN4S2/c23-17-8-7-9-18(16-17)24-21(28)26-14-15-29-22(26)25-27(19-10-3-1-4-11-19)20-12-5-2-6-13-20/h1-13,16H,14-15H2,(H,24,28)/b25-22+. The summed E-state index contributed by atoms with van der Waals surface area (Å²) < 4.78 is 0. The molecule has 1 saturated heterocycles. The summed E-state index contributed by atoms with van der Waals surface area (Å²) in [6, 6.07) is 27.8. The minimum absolute atomic E-state index is 0.608. The Morgan fingerprint density at radius 2 is 1.62 bits per heavy atom. The minimum Gasteiger partial charge on any atom is -0.332 e. The Balaban J connectivity index is 1.62. The molecule has 1 fully saturated rings. The van der Waals surface area contributed by atoms with Gasteiger partial charge in [-0.15, -0.1) is 5.10 Å². The van der Waals surface area contributed by atoms with E-state index in [0.717, 1.165) is 34.5 Å². The summed E-state index contributed by atoms with van der Waals surface area (Å²) in [7, 11) is 0. The van der Waals surface area contributed by atoms with E-state index in [4.69, 9.17) is 28.9 Å². The molecule has 3 aromatic rings. The van der Waals surface area contributed by atoms with Gasteiger partial charge >= 0.3 is 0 Å². The van der Waals surface area contributed by atoms with Crippen molar-refractivity contribution in [3.8, 4) is 0 Å². The fraction of sp³-hybridized carbons (Fsp3) is 0.0909. The molecule has 0 spiro atoms. The summed E-state index contributed by atoms with van der Waals surface area (Å²) in [5.74, 6) is 0.924. The first-order chi connectivity index (χ1) is 14.2. The zero-order valence-electron chi connectivity index (χ0n) is 15.5. The maximum atomic E-state index is 6.09. The van der Waals surface area contributed by atoms with Crippen molar-refractivity contribution in [1.82, 2.24) is 4.90 Å². The largest absolute Gasteiger partial charge is 0.332 e. The first kappa shape index (κ1) is 19.8. The Bertz CT molecular complexity index is 972. The lowest BCUT2D eigenvalue weighted by Crippen LogP contribution is -2.36. The second kappa shape index (κ2) is 9.31. The summed E-state index contributed by atoms with van der Waals surface area (Å²) in [6.07, 6.45) is 0. The van der Waals surface area contributed by atoms with Crippen molar-refractivity contribution in [2.45, 2.75) is 0 Å². The smallest absolute Gasteiger partial charge is 0.190 e. The predicted octanol–water partition coefficient (Wildman–Crippen LogP) is 6.19. The van der Waals surface area contributed by atoms with Gasteiger partial charge in [0.15, 0.2) is 10.3 Å². The predicted molar refractivity (Wildman–Crippen MR) is 129 cm³/mol. The van der Waals surface area contributed by atoms with Gasteiger partial charge in [-0.3, -0.25) is 4.90 Å². The molecule has 146 valence electrons. The summed E-state index contributed by atoms with van der Waals surface area (Å²) in [5, 5.41) is 12.3. The molecule has 1 heterocycles. The first-order valence-corrected chi connectivity index (χ1v) is 10.9. The van der Waals surface area contributed by atoms with Gasteiger partial charge in [0.05, 0.1) is 11.4 Å². The average molecular weight is 439 g/mol. The Labute approximate surface area is 185 Å². The summed E-state index contributed by atoms with van der Waals surface area (Å²) in [4.78, 5) is 2.03. The summed E-state index contributed by atoms with van der Waals surface area (Å²) in [6.45, 7) is 0.799. The molecule has 7 heteroatoms. The molecule has 0 radical (unpaired) electrons. The zero-order valence-corrected chi connectivity index (χ0v) is 17.9. The van der Waals surface area contributed by atoms with E-state index in [0.29, 0.717) is 10.1 Å². The number of nitrogens with zero attached hydrogens (tertiary/aromatic N) is 3. The quantitative estimate of drug-likeness (QED) is 0.387. The van der Waals surface area contributed by atoms with Crippen LogP contribution in [0.5, 0.6) is 0 Å². The molecule has 4 nitrogen and oxygen atoms in total. The maximum absolute atomic E-state index is 6.09. The molecular formula is C22H19ClN4S2. The van der Waals surface area contributed by atoms with Crippen LogP contribution in [0, 0.1) is 0 Å². The number of hydrazone groups is 1. The molecule has 0 aliphatic carbocycles. The maximum Gasteiger partial charge on any atom is 0.190 e. The lowest BCUT2D eigenvalue weighted by molar-refractivity contribution is 0.683. The highest BCUT2D eigenvalue weighted by Crippen LogP contribution is 2.28. The van der Waals surface area contributed by atoms with Crippen molar-refractivity contribution in [2.24, 2.45) is 5.10 Å². The van der Waals surface area contributed by atoms with E-state index in [9.17, 15) is 0 Å². The van der Waals surface area contributed by atoms with Crippen LogP contribution in [0.25, 0.3) is 0 Å². The number of rotatable bonds is 4. The van der Waals surface area contributed by atoms with Crippen LogP contribution in [0.2, 0.25) is 5.02 Å². The number of benzene rings is 3. The van der Waals surface area contributed by atoms with Crippen molar-refractivity contribution in [3.05, 3.63) is 90.0 Å². The number of hydrogen-bond acceptors (Lipinski definition) is 4. The van der Waals surface area contributed by atoms with Crippen molar-refractivity contribution in [1.29, 1.82) is 0 Å². The van der Waals surface area contributed by atoms with Gasteiger partial charge in [-0.05, 0) is 54.7 Å². The lowest BCUT2D eigenvalue weighted by atomic mass is 10.2. The van der Waals surface area contributed by atoms with Gasteiger partial charge in [-0.2, -0.15) is 0 Å². The zero-order chi connectivity index (χ0) is 20.1. The topological polar surface area (TPSA) is 30.9 Å². The van der Waals surface area contributed by atoms with Gasteiger partial charge in [0.2, 0.25) is 0 Å². The Hall–Kier alpha value is -2.54. The fourth-order valence-electron chi connectivity index (χ4n) is 2.92.